The van der Waals surface area contributed by atoms with Gasteiger partial charge in [-0.2, -0.15) is 0 Å². The molecule has 1 aliphatic heterocycles. The molecule has 0 spiro atoms. The summed E-state index contributed by atoms with van der Waals surface area (Å²) in [6.07, 6.45) is 0.345. The summed E-state index contributed by atoms with van der Waals surface area (Å²) in [4.78, 5) is 24.2. The van der Waals surface area contributed by atoms with Crippen molar-refractivity contribution < 1.29 is 9.59 Å². The normalized spacial score (nSPS) is 16.5. The Labute approximate surface area is 95.4 Å². The molecular weight excluding hydrogens is 260 g/mol. The Balaban J connectivity index is 2.35. The zero-order chi connectivity index (χ0) is 10.8. The van der Waals surface area contributed by atoms with Crippen LogP contribution in [-0.2, 0) is 4.79 Å². The van der Waals surface area contributed by atoms with Gasteiger partial charge in [0.2, 0.25) is 5.91 Å². The molecule has 1 saturated heterocycles. The smallest absolute Gasteiger partial charge is 0.328 e. The fourth-order valence-corrected chi connectivity index (χ4v) is 1.84. The minimum absolute atomic E-state index is 0.170. The Kier molecular flexibility index (Phi) is 2.73. The van der Waals surface area contributed by atoms with Crippen molar-refractivity contribution in [3.8, 4) is 0 Å². The number of nitrogens with one attached hydrogen (secondary N) is 1. The van der Waals surface area contributed by atoms with E-state index >= 15 is 0 Å². The summed E-state index contributed by atoms with van der Waals surface area (Å²) < 4.78 is 0.839. The van der Waals surface area contributed by atoms with Crippen molar-refractivity contribution in [3.05, 3.63) is 28.7 Å². The molecule has 1 fully saturated rings. The summed E-state index contributed by atoms with van der Waals surface area (Å²) in [7, 11) is 0. The summed E-state index contributed by atoms with van der Waals surface area (Å²) in [5.74, 6) is -0.170. The fourth-order valence-electron chi connectivity index (χ4n) is 1.46. The van der Waals surface area contributed by atoms with Gasteiger partial charge in [0.1, 0.15) is 0 Å². The van der Waals surface area contributed by atoms with Crippen LogP contribution in [0.1, 0.15) is 6.42 Å². The number of hydrogen-bond acceptors (Lipinski definition) is 2. The fraction of sp³-hybridized carbons (Fsp3) is 0.200. The molecule has 0 bridgehead atoms. The first-order valence-corrected chi connectivity index (χ1v) is 5.34. The lowest BCUT2D eigenvalue weighted by atomic mass is 10.2. The van der Waals surface area contributed by atoms with Crippen molar-refractivity contribution in [1.29, 1.82) is 0 Å². The number of imide groups is 1. The van der Waals surface area contributed by atoms with E-state index in [4.69, 9.17) is 0 Å². The molecule has 1 aromatic rings. The lowest BCUT2D eigenvalue weighted by Crippen LogP contribution is -2.50. The second-order valence-electron chi connectivity index (χ2n) is 3.19. The number of anilines is 1. The van der Waals surface area contributed by atoms with Gasteiger partial charge < -0.3 is 5.32 Å². The van der Waals surface area contributed by atoms with E-state index < -0.39 is 0 Å². The lowest BCUT2D eigenvalue weighted by Gasteiger charge is -2.25. The highest BCUT2D eigenvalue weighted by Crippen LogP contribution is 2.21. The molecule has 0 saturated carbocycles. The van der Waals surface area contributed by atoms with E-state index in [-0.39, 0.29) is 11.9 Å². The van der Waals surface area contributed by atoms with Gasteiger partial charge in [0.15, 0.2) is 0 Å². The summed E-state index contributed by atoms with van der Waals surface area (Å²) in [5.41, 5.74) is 0.589. The van der Waals surface area contributed by atoms with Crippen LogP contribution in [0.25, 0.3) is 0 Å². The molecule has 1 aliphatic rings. The number of nitrogens with zero attached hydrogens (tertiary/aromatic N) is 1. The highest BCUT2D eigenvalue weighted by atomic mass is 79.9. The van der Waals surface area contributed by atoms with Crippen molar-refractivity contribution in [2.24, 2.45) is 0 Å². The van der Waals surface area contributed by atoms with Crippen molar-refractivity contribution in [2.75, 3.05) is 11.4 Å². The molecule has 4 nitrogen and oxygen atoms in total. The SMILES string of the molecule is O=C1CCNC(=O)N1c1cccc(Br)c1. The average Bonchev–Trinajstić information content (AvgIpc) is 2.17. The van der Waals surface area contributed by atoms with Crippen LogP contribution in [0.15, 0.2) is 28.7 Å². The maximum Gasteiger partial charge on any atom is 0.328 e. The van der Waals surface area contributed by atoms with Gasteiger partial charge in [0.05, 0.1) is 5.69 Å². The van der Waals surface area contributed by atoms with Gasteiger partial charge >= 0.3 is 6.03 Å². The first-order valence-electron chi connectivity index (χ1n) is 4.55. The quantitative estimate of drug-likeness (QED) is 0.846. The zero-order valence-electron chi connectivity index (χ0n) is 7.87. The third-order valence-corrected chi connectivity index (χ3v) is 2.63. The highest BCUT2D eigenvalue weighted by molar-refractivity contribution is 9.10. The maximum absolute atomic E-state index is 11.6. The Morgan fingerprint density at radius 2 is 2.13 bits per heavy atom. The molecule has 0 unspecified atom stereocenters. The van der Waals surface area contributed by atoms with Gasteiger partial charge in [-0.05, 0) is 18.2 Å². The Morgan fingerprint density at radius 1 is 1.33 bits per heavy atom. The van der Waals surface area contributed by atoms with Gasteiger partial charge in [-0.25, -0.2) is 9.69 Å². The van der Waals surface area contributed by atoms with Gasteiger partial charge in [-0.15, -0.1) is 0 Å². The molecule has 0 aliphatic carbocycles. The summed E-state index contributed by atoms with van der Waals surface area (Å²) in [5, 5.41) is 2.63. The van der Waals surface area contributed by atoms with Crippen LogP contribution in [-0.4, -0.2) is 18.5 Å². The predicted octanol–water partition coefficient (Wildman–Crippen LogP) is 1.90. The number of carbonyl (C=O) groups is 2. The molecule has 5 heteroatoms. The Morgan fingerprint density at radius 3 is 2.80 bits per heavy atom. The number of carbonyl (C=O) groups excluding carboxylic acids is 2. The molecule has 1 N–H and O–H groups in total. The van der Waals surface area contributed by atoms with Crippen LogP contribution < -0.4 is 10.2 Å². The van der Waals surface area contributed by atoms with Crippen LogP contribution >= 0.6 is 15.9 Å². The Bertz CT molecular complexity index is 404. The predicted molar refractivity (Wildman–Crippen MR) is 59.6 cm³/mol. The molecule has 3 amide bonds. The summed E-state index contributed by atoms with van der Waals surface area (Å²) in [6.45, 7) is 0.419. The molecule has 0 atom stereocenters. The second kappa shape index (κ2) is 4.02. The van der Waals surface area contributed by atoms with Crippen LogP contribution in [0.2, 0.25) is 0 Å². The van der Waals surface area contributed by atoms with E-state index in [1.807, 2.05) is 6.07 Å². The number of urea groups is 1. The van der Waals surface area contributed by atoms with Crippen molar-refractivity contribution in [2.45, 2.75) is 6.42 Å². The molecule has 1 heterocycles. The number of amides is 3. The van der Waals surface area contributed by atoms with Gasteiger partial charge in [0.25, 0.3) is 0 Å². The minimum atomic E-state index is -0.357. The third kappa shape index (κ3) is 2.02. The first-order chi connectivity index (χ1) is 7.18. The van der Waals surface area contributed by atoms with E-state index in [9.17, 15) is 9.59 Å². The lowest BCUT2D eigenvalue weighted by molar-refractivity contribution is -0.118. The average molecular weight is 269 g/mol. The number of benzene rings is 1. The zero-order valence-corrected chi connectivity index (χ0v) is 9.45. The number of halogens is 1. The van der Waals surface area contributed by atoms with Gasteiger partial charge in [-0.1, -0.05) is 22.0 Å². The van der Waals surface area contributed by atoms with E-state index in [1.165, 1.54) is 0 Å². The van der Waals surface area contributed by atoms with Crippen LogP contribution in [0, 0.1) is 0 Å². The second-order valence-corrected chi connectivity index (χ2v) is 4.11. The van der Waals surface area contributed by atoms with E-state index in [2.05, 4.69) is 21.2 Å². The molecule has 1 aromatic carbocycles. The minimum Gasteiger partial charge on any atom is -0.337 e. The van der Waals surface area contributed by atoms with Crippen molar-refractivity contribution in [3.63, 3.8) is 0 Å². The molecular formula is C10H9BrN2O2. The first kappa shape index (κ1) is 10.2. The summed E-state index contributed by atoms with van der Waals surface area (Å²) >= 11 is 3.30. The number of hydrogen-bond donors (Lipinski definition) is 1. The van der Waals surface area contributed by atoms with Crippen molar-refractivity contribution in [1.82, 2.24) is 5.32 Å². The molecule has 0 radical (unpaired) electrons. The monoisotopic (exact) mass is 268 g/mol. The van der Waals surface area contributed by atoms with E-state index in [0.29, 0.717) is 18.7 Å². The highest BCUT2D eigenvalue weighted by Gasteiger charge is 2.26. The van der Waals surface area contributed by atoms with E-state index in [1.54, 1.807) is 18.2 Å². The largest absolute Gasteiger partial charge is 0.337 e. The molecule has 15 heavy (non-hydrogen) atoms. The maximum atomic E-state index is 11.6. The third-order valence-electron chi connectivity index (χ3n) is 2.13. The van der Waals surface area contributed by atoms with E-state index in [0.717, 1.165) is 9.37 Å². The Hall–Kier alpha value is -1.36. The molecule has 0 aromatic heterocycles. The standard InChI is InChI=1S/C10H9BrN2O2/c11-7-2-1-3-8(6-7)13-9(14)4-5-12-10(13)15/h1-3,6H,4-5H2,(H,12,15). The number of rotatable bonds is 1. The summed E-state index contributed by atoms with van der Waals surface area (Å²) in [6, 6.07) is 6.74. The van der Waals surface area contributed by atoms with Crippen LogP contribution in [0.4, 0.5) is 10.5 Å². The molecule has 2 rings (SSSR count). The van der Waals surface area contributed by atoms with Crippen LogP contribution in [0.5, 0.6) is 0 Å². The van der Waals surface area contributed by atoms with Crippen LogP contribution in [0.3, 0.4) is 0 Å². The van der Waals surface area contributed by atoms with Gasteiger partial charge in [0, 0.05) is 17.4 Å². The van der Waals surface area contributed by atoms with Gasteiger partial charge in [-0.3, -0.25) is 4.79 Å². The molecule has 78 valence electrons. The van der Waals surface area contributed by atoms with Crippen molar-refractivity contribution >= 4 is 33.6 Å². The topological polar surface area (TPSA) is 49.4 Å².